The van der Waals surface area contributed by atoms with Gasteiger partial charge in [-0.2, -0.15) is 0 Å². The van der Waals surface area contributed by atoms with E-state index < -0.39 is 0 Å². The SMILES string of the molecule is CC1CCC(NCc2csc(-c3ccccn3)n2)CC1. The van der Waals surface area contributed by atoms with E-state index in [-0.39, 0.29) is 0 Å². The second-order valence-electron chi connectivity index (χ2n) is 5.70. The molecular formula is C16H21N3S. The fraction of sp³-hybridized carbons (Fsp3) is 0.500. The van der Waals surface area contributed by atoms with Gasteiger partial charge in [-0.25, -0.2) is 4.98 Å². The summed E-state index contributed by atoms with van der Waals surface area (Å²) in [4.78, 5) is 9.02. The minimum Gasteiger partial charge on any atom is -0.308 e. The molecule has 4 heteroatoms. The lowest BCUT2D eigenvalue weighted by Gasteiger charge is -2.26. The molecule has 0 atom stereocenters. The van der Waals surface area contributed by atoms with Crippen LogP contribution >= 0.6 is 11.3 Å². The molecule has 0 bridgehead atoms. The number of nitrogens with zero attached hydrogens (tertiary/aromatic N) is 2. The molecule has 20 heavy (non-hydrogen) atoms. The Bertz CT molecular complexity index is 530. The monoisotopic (exact) mass is 287 g/mol. The number of hydrogen-bond acceptors (Lipinski definition) is 4. The van der Waals surface area contributed by atoms with Crippen molar-refractivity contribution in [2.24, 2.45) is 5.92 Å². The third kappa shape index (κ3) is 3.44. The molecule has 0 aliphatic heterocycles. The van der Waals surface area contributed by atoms with Crippen molar-refractivity contribution in [3.05, 3.63) is 35.5 Å². The van der Waals surface area contributed by atoms with E-state index in [0.717, 1.165) is 28.9 Å². The van der Waals surface area contributed by atoms with Crippen LogP contribution in [-0.4, -0.2) is 16.0 Å². The summed E-state index contributed by atoms with van der Waals surface area (Å²) in [5, 5.41) is 6.80. The Morgan fingerprint density at radius 1 is 1.25 bits per heavy atom. The summed E-state index contributed by atoms with van der Waals surface area (Å²) in [6, 6.07) is 6.62. The first-order valence-electron chi connectivity index (χ1n) is 7.40. The van der Waals surface area contributed by atoms with Gasteiger partial charge in [-0.15, -0.1) is 11.3 Å². The Morgan fingerprint density at radius 2 is 2.10 bits per heavy atom. The van der Waals surface area contributed by atoms with Gasteiger partial charge < -0.3 is 5.32 Å². The second-order valence-corrected chi connectivity index (χ2v) is 6.55. The van der Waals surface area contributed by atoms with E-state index >= 15 is 0 Å². The summed E-state index contributed by atoms with van der Waals surface area (Å²) in [6.45, 7) is 3.23. The predicted molar refractivity (Wildman–Crippen MR) is 83.6 cm³/mol. The molecule has 0 spiro atoms. The molecule has 1 saturated carbocycles. The predicted octanol–water partition coefficient (Wildman–Crippen LogP) is 3.87. The number of rotatable bonds is 4. The lowest BCUT2D eigenvalue weighted by Crippen LogP contribution is -2.32. The number of thiazole rings is 1. The van der Waals surface area contributed by atoms with Crippen molar-refractivity contribution in [1.82, 2.24) is 15.3 Å². The third-order valence-corrected chi connectivity index (χ3v) is 4.94. The van der Waals surface area contributed by atoms with Crippen molar-refractivity contribution >= 4 is 11.3 Å². The zero-order valence-electron chi connectivity index (χ0n) is 11.9. The molecule has 0 amide bonds. The molecule has 0 aromatic carbocycles. The molecule has 0 unspecified atom stereocenters. The van der Waals surface area contributed by atoms with Crippen molar-refractivity contribution in [3.8, 4) is 10.7 Å². The molecule has 1 fully saturated rings. The summed E-state index contributed by atoms with van der Waals surface area (Å²) in [5.74, 6) is 0.906. The first kappa shape index (κ1) is 13.7. The fourth-order valence-corrected chi connectivity index (χ4v) is 3.50. The third-order valence-electron chi connectivity index (χ3n) is 4.02. The van der Waals surface area contributed by atoms with Gasteiger partial charge in [0, 0.05) is 24.2 Å². The molecule has 3 nitrogen and oxygen atoms in total. The summed E-state index contributed by atoms with van der Waals surface area (Å²) in [5.41, 5.74) is 2.10. The van der Waals surface area contributed by atoms with Crippen LogP contribution in [0.5, 0.6) is 0 Å². The van der Waals surface area contributed by atoms with Crippen molar-refractivity contribution in [2.75, 3.05) is 0 Å². The van der Waals surface area contributed by atoms with Gasteiger partial charge in [0.25, 0.3) is 0 Å². The Morgan fingerprint density at radius 3 is 2.85 bits per heavy atom. The highest BCUT2D eigenvalue weighted by molar-refractivity contribution is 7.13. The first-order chi connectivity index (χ1) is 9.81. The molecule has 2 aromatic heterocycles. The number of aromatic nitrogens is 2. The minimum atomic E-state index is 0.672. The summed E-state index contributed by atoms with van der Waals surface area (Å²) in [7, 11) is 0. The van der Waals surface area contributed by atoms with Gasteiger partial charge in [0.15, 0.2) is 0 Å². The maximum Gasteiger partial charge on any atom is 0.142 e. The van der Waals surface area contributed by atoms with Crippen LogP contribution in [0.1, 0.15) is 38.3 Å². The fourth-order valence-electron chi connectivity index (χ4n) is 2.71. The standard InChI is InChI=1S/C16H21N3S/c1-12-5-7-13(8-6-12)18-10-14-11-20-16(19-14)15-4-2-3-9-17-15/h2-4,9,11-13,18H,5-8,10H2,1H3. The molecule has 106 valence electrons. The average molecular weight is 287 g/mol. The topological polar surface area (TPSA) is 37.8 Å². The molecule has 2 aromatic rings. The van der Waals surface area contributed by atoms with Gasteiger partial charge in [0.05, 0.1) is 11.4 Å². The van der Waals surface area contributed by atoms with E-state index in [9.17, 15) is 0 Å². The summed E-state index contributed by atoms with van der Waals surface area (Å²) in [6.07, 6.45) is 7.14. The molecule has 2 heterocycles. The molecule has 0 radical (unpaired) electrons. The number of hydrogen-bond donors (Lipinski definition) is 1. The maximum atomic E-state index is 4.67. The van der Waals surface area contributed by atoms with Crippen LogP contribution in [0.15, 0.2) is 29.8 Å². The smallest absolute Gasteiger partial charge is 0.142 e. The van der Waals surface area contributed by atoms with Gasteiger partial charge >= 0.3 is 0 Å². The van der Waals surface area contributed by atoms with Crippen molar-refractivity contribution in [2.45, 2.75) is 45.2 Å². The lowest BCUT2D eigenvalue weighted by atomic mass is 9.87. The maximum absolute atomic E-state index is 4.67. The van der Waals surface area contributed by atoms with Gasteiger partial charge in [0.1, 0.15) is 5.01 Å². The van der Waals surface area contributed by atoms with E-state index in [0.29, 0.717) is 6.04 Å². The quantitative estimate of drug-likeness (QED) is 0.927. The zero-order chi connectivity index (χ0) is 13.8. The normalized spacial score (nSPS) is 22.9. The van der Waals surface area contributed by atoms with Gasteiger partial charge in [-0.3, -0.25) is 4.98 Å². The molecule has 0 saturated heterocycles. The van der Waals surface area contributed by atoms with Gasteiger partial charge in [0.2, 0.25) is 0 Å². The zero-order valence-corrected chi connectivity index (χ0v) is 12.7. The highest BCUT2D eigenvalue weighted by Crippen LogP contribution is 2.24. The largest absolute Gasteiger partial charge is 0.308 e. The molecule has 1 N–H and O–H groups in total. The number of pyridine rings is 1. The van der Waals surface area contributed by atoms with Crippen molar-refractivity contribution < 1.29 is 0 Å². The van der Waals surface area contributed by atoms with E-state index in [1.807, 2.05) is 24.4 Å². The van der Waals surface area contributed by atoms with Crippen molar-refractivity contribution in [1.29, 1.82) is 0 Å². The van der Waals surface area contributed by atoms with Gasteiger partial charge in [-0.1, -0.05) is 13.0 Å². The second kappa shape index (κ2) is 6.46. The van der Waals surface area contributed by atoms with Crippen LogP contribution in [-0.2, 0) is 6.54 Å². The lowest BCUT2D eigenvalue weighted by molar-refractivity contribution is 0.306. The van der Waals surface area contributed by atoms with E-state index in [1.165, 1.54) is 25.7 Å². The van der Waals surface area contributed by atoms with E-state index in [2.05, 4.69) is 27.6 Å². The van der Waals surface area contributed by atoms with Crippen LogP contribution in [0.3, 0.4) is 0 Å². The van der Waals surface area contributed by atoms with Crippen LogP contribution in [0, 0.1) is 5.92 Å². The Labute approximate surface area is 124 Å². The van der Waals surface area contributed by atoms with Crippen LogP contribution in [0.4, 0.5) is 0 Å². The van der Waals surface area contributed by atoms with Crippen molar-refractivity contribution in [3.63, 3.8) is 0 Å². The number of nitrogens with one attached hydrogen (secondary N) is 1. The van der Waals surface area contributed by atoms with Crippen LogP contribution in [0.25, 0.3) is 10.7 Å². The molecule has 1 aliphatic carbocycles. The summed E-state index contributed by atoms with van der Waals surface area (Å²) >= 11 is 1.68. The molecule has 3 rings (SSSR count). The summed E-state index contributed by atoms with van der Waals surface area (Å²) < 4.78 is 0. The van der Waals surface area contributed by atoms with Crippen LogP contribution < -0.4 is 5.32 Å². The highest BCUT2D eigenvalue weighted by Gasteiger charge is 2.17. The average Bonchev–Trinajstić information content (AvgIpc) is 2.97. The highest BCUT2D eigenvalue weighted by atomic mass is 32.1. The molecule has 1 aliphatic rings. The Hall–Kier alpha value is -1.26. The van der Waals surface area contributed by atoms with Crippen LogP contribution in [0.2, 0.25) is 0 Å². The van der Waals surface area contributed by atoms with Gasteiger partial charge in [-0.05, 0) is 43.7 Å². The molecular weight excluding hydrogens is 266 g/mol. The van der Waals surface area contributed by atoms with E-state index in [4.69, 9.17) is 0 Å². The Kier molecular flexibility index (Phi) is 4.43. The first-order valence-corrected chi connectivity index (χ1v) is 8.28. The minimum absolute atomic E-state index is 0.672. The van der Waals surface area contributed by atoms with E-state index in [1.54, 1.807) is 11.3 Å². The Balaban J connectivity index is 1.55.